The molecule has 0 bridgehead atoms. The maximum atomic E-state index is 5.95. The van der Waals surface area contributed by atoms with E-state index in [1.165, 1.54) is 0 Å². The van der Waals surface area contributed by atoms with E-state index in [9.17, 15) is 0 Å². The lowest BCUT2D eigenvalue weighted by Crippen LogP contribution is -2.07. The molecule has 94 valence electrons. The molecule has 0 radical (unpaired) electrons. The Morgan fingerprint density at radius 2 is 2.00 bits per heavy atom. The largest absolute Gasteiger partial charge is 0.383 e. The molecule has 0 amide bonds. The Labute approximate surface area is 120 Å². The van der Waals surface area contributed by atoms with E-state index in [4.69, 9.17) is 5.73 Å². The summed E-state index contributed by atoms with van der Waals surface area (Å²) in [4.78, 5) is 13.2. The molecule has 2 heterocycles. The SMILES string of the molecule is Cc1ccnc(-c2nc(N)c(I)c(C(C)C)n2)c1. The van der Waals surface area contributed by atoms with Crippen LogP contribution in [0.15, 0.2) is 18.3 Å². The van der Waals surface area contributed by atoms with E-state index in [-0.39, 0.29) is 0 Å². The third-order valence-corrected chi connectivity index (χ3v) is 3.70. The monoisotopic (exact) mass is 354 g/mol. The summed E-state index contributed by atoms with van der Waals surface area (Å²) in [6.07, 6.45) is 1.76. The van der Waals surface area contributed by atoms with Crippen molar-refractivity contribution in [3.63, 3.8) is 0 Å². The van der Waals surface area contributed by atoms with Gasteiger partial charge in [0.15, 0.2) is 5.82 Å². The van der Waals surface area contributed by atoms with Crippen LogP contribution in [0, 0.1) is 10.5 Å². The number of halogens is 1. The summed E-state index contributed by atoms with van der Waals surface area (Å²) in [6.45, 7) is 6.21. The number of aromatic nitrogens is 3. The Bertz CT molecular complexity index is 581. The number of nitrogens with two attached hydrogens (primary N) is 1. The summed E-state index contributed by atoms with van der Waals surface area (Å²) in [5, 5.41) is 0. The fourth-order valence-corrected chi connectivity index (χ4v) is 2.50. The van der Waals surface area contributed by atoms with Gasteiger partial charge in [0.05, 0.1) is 9.26 Å². The fraction of sp³-hybridized carbons (Fsp3) is 0.308. The molecule has 5 heteroatoms. The van der Waals surface area contributed by atoms with E-state index in [1.54, 1.807) is 6.20 Å². The maximum Gasteiger partial charge on any atom is 0.180 e. The van der Waals surface area contributed by atoms with Gasteiger partial charge in [0.1, 0.15) is 11.5 Å². The first-order valence-electron chi connectivity index (χ1n) is 5.75. The molecule has 2 rings (SSSR count). The van der Waals surface area contributed by atoms with Crippen molar-refractivity contribution >= 4 is 28.4 Å². The van der Waals surface area contributed by atoms with Gasteiger partial charge in [-0.2, -0.15) is 0 Å². The van der Waals surface area contributed by atoms with Crippen LogP contribution in [-0.4, -0.2) is 15.0 Å². The first-order chi connectivity index (χ1) is 8.49. The van der Waals surface area contributed by atoms with Crippen molar-refractivity contribution in [2.75, 3.05) is 5.73 Å². The van der Waals surface area contributed by atoms with Gasteiger partial charge in [-0.3, -0.25) is 4.98 Å². The smallest absolute Gasteiger partial charge is 0.180 e. The zero-order valence-corrected chi connectivity index (χ0v) is 12.8. The van der Waals surface area contributed by atoms with Crippen molar-refractivity contribution in [2.45, 2.75) is 26.7 Å². The number of anilines is 1. The molecule has 2 N–H and O–H groups in total. The topological polar surface area (TPSA) is 64.7 Å². The van der Waals surface area contributed by atoms with Crippen molar-refractivity contribution in [3.8, 4) is 11.5 Å². The molecule has 0 fully saturated rings. The second-order valence-corrected chi connectivity index (χ2v) is 5.58. The highest BCUT2D eigenvalue weighted by Gasteiger charge is 2.14. The predicted octanol–water partition coefficient (Wildman–Crippen LogP) is 3.16. The number of nitrogen functional groups attached to an aromatic ring is 1. The molecule has 2 aromatic rings. The van der Waals surface area contributed by atoms with E-state index in [1.807, 2.05) is 19.1 Å². The van der Waals surface area contributed by atoms with Crippen LogP contribution in [0.1, 0.15) is 31.0 Å². The summed E-state index contributed by atoms with van der Waals surface area (Å²) in [7, 11) is 0. The van der Waals surface area contributed by atoms with Crippen molar-refractivity contribution in [2.24, 2.45) is 0 Å². The number of aryl methyl sites for hydroxylation is 1. The molecular formula is C13H15IN4. The molecule has 0 aromatic carbocycles. The lowest BCUT2D eigenvalue weighted by molar-refractivity contribution is 0.809. The van der Waals surface area contributed by atoms with Crippen LogP contribution < -0.4 is 5.73 Å². The summed E-state index contributed by atoms with van der Waals surface area (Å²) in [5.41, 5.74) is 8.82. The van der Waals surface area contributed by atoms with Crippen molar-refractivity contribution < 1.29 is 0 Å². The van der Waals surface area contributed by atoms with Gasteiger partial charge in [-0.15, -0.1) is 0 Å². The Hall–Kier alpha value is -1.24. The van der Waals surface area contributed by atoms with E-state index < -0.39 is 0 Å². The number of hydrogen-bond acceptors (Lipinski definition) is 4. The number of hydrogen-bond donors (Lipinski definition) is 1. The Morgan fingerprint density at radius 3 is 2.61 bits per heavy atom. The van der Waals surface area contributed by atoms with Gasteiger partial charge in [0, 0.05) is 6.20 Å². The highest BCUT2D eigenvalue weighted by atomic mass is 127. The zero-order chi connectivity index (χ0) is 13.3. The van der Waals surface area contributed by atoms with Gasteiger partial charge in [-0.1, -0.05) is 13.8 Å². The van der Waals surface area contributed by atoms with E-state index >= 15 is 0 Å². The van der Waals surface area contributed by atoms with Crippen LogP contribution in [0.4, 0.5) is 5.82 Å². The second kappa shape index (κ2) is 5.17. The summed E-state index contributed by atoms with van der Waals surface area (Å²) in [6, 6.07) is 3.91. The van der Waals surface area contributed by atoms with Crippen LogP contribution in [0.25, 0.3) is 11.5 Å². The molecule has 0 aliphatic heterocycles. The first kappa shape index (κ1) is 13.2. The van der Waals surface area contributed by atoms with Crippen LogP contribution in [0.5, 0.6) is 0 Å². The van der Waals surface area contributed by atoms with Gasteiger partial charge in [-0.25, -0.2) is 9.97 Å². The zero-order valence-electron chi connectivity index (χ0n) is 10.6. The van der Waals surface area contributed by atoms with E-state index in [0.717, 1.165) is 20.5 Å². The molecule has 0 unspecified atom stereocenters. The maximum absolute atomic E-state index is 5.95. The molecular weight excluding hydrogens is 339 g/mol. The van der Waals surface area contributed by atoms with E-state index in [0.29, 0.717) is 17.6 Å². The van der Waals surface area contributed by atoms with Crippen molar-refractivity contribution in [1.82, 2.24) is 15.0 Å². The third-order valence-electron chi connectivity index (χ3n) is 2.59. The highest BCUT2D eigenvalue weighted by Crippen LogP contribution is 2.26. The molecule has 0 aliphatic rings. The molecule has 18 heavy (non-hydrogen) atoms. The van der Waals surface area contributed by atoms with Crippen molar-refractivity contribution in [1.29, 1.82) is 0 Å². The van der Waals surface area contributed by atoms with Crippen LogP contribution in [-0.2, 0) is 0 Å². The van der Waals surface area contributed by atoms with E-state index in [2.05, 4.69) is 51.4 Å². The Balaban J connectivity index is 2.59. The van der Waals surface area contributed by atoms with Crippen LogP contribution in [0.3, 0.4) is 0 Å². The van der Waals surface area contributed by atoms with Crippen LogP contribution in [0.2, 0.25) is 0 Å². The van der Waals surface area contributed by atoms with Crippen molar-refractivity contribution in [3.05, 3.63) is 33.2 Å². The molecule has 0 aliphatic carbocycles. The quantitative estimate of drug-likeness (QED) is 0.842. The average molecular weight is 354 g/mol. The molecule has 0 saturated carbocycles. The Morgan fingerprint density at radius 1 is 1.28 bits per heavy atom. The summed E-state index contributed by atoms with van der Waals surface area (Å²) >= 11 is 2.19. The average Bonchev–Trinajstić information content (AvgIpc) is 2.32. The molecule has 0 saturated heterocycles. The minimum absolute atomic E-state index is 0.311. The number of rotatable bonds is 2. The van der Waals surface area contributed by atoms with Gasteiger partial charge in [-0.05, 0) is 53.1 Å². The van der Waals surface area contributed by atoms with Gasteiger partial charge in [0.2, 0.25) is 0 Å². The summed E-state index contributed by atoms with van der Waals surface area (Å²) in [5.74, 6) is 1.43. The standard InChI is InChI=1S/C13H15IN4/c1-7(2)11-10(14)12(15)18-13(17-11)9-6-8(3)4-5-16-9/h4-7H,1-3H3,(H2,15,17,18). The minimum atomic E-state index is 0.311. The molecule has 0 spiro atoms. The summed E-state index contributed by atoms with van der Waals surface area (Å²) < 4.78 is 0.930. The molecule has 2 aromatic heterocycles. The third kappa shape index (κ3) is 2.60. The highest BCUT2D eigenvalue weighted by molar-refractivity contribution is 14.1. The molecule has 0 atom stereocenters. The fourth-order valence-electron chi connectivity index (χ4n) is 1.64. The van der Waals surface area contributed by atoms with Gasteiger partial charge >= 0.3 is 0 Å². The Kier molecular flexibility index (Phi) is 3.79. The lowest BCUT2D eigenvalue weighted by Gasteiger charge is -2.11. The second-order valence-electron chi connectivity index (χ2n) is 4.50. The van der Waals surface area contributed by atoms with Crippen LogP contribution >= 0.6 is 22.6 Å². The van der Waals surface area contributed by atoms with Gasteiger partial charge < -0.3 is 5.73 Å². The first-order valence-corrected chi connectivity index (χ1v) is 6.83. The molecule has 4 nitrogen and oxygen atoms in total. The predicted molar refractivity (Wildman–Crippen MR) is 81.2 cm³/mol. The number of pyridine rings is 1. The van der Waals surface area contributed by atoms with Gasteiger partial charge in [0.25, 0.3) is 0 Å². The normalized spacial score (nSPS) is 10.9. The number of nitrogens with zero attached hydrogens (tertiary/aromatic N) is 3. The lowest BCUT2D eigenvalue weighted by atomic mass is 10.1. The minimum Gasteiger partial charge on any atom is -0.383 e.